The van der Waals surface area contributed by atoms with E-state index in [9.17, 15) is 8.42 Å². The molecule has 2 rings (SSSR count). The van der Waals surface area contributed by atoms with Crippen LogP contribution in [-0.2, 0) is 21.3 Å². The number of sulfonamides is 1. The minimum atomic E-state index is -3.42. The molecule has 23 heavy (non-hydrogen) atoms. The van der Waals surface area contributed by atoms with Gasteiger partial charge in [0.05, 0.1) is 10.4 Å². The zero-order chi connectivity index (χ0) is 17.3. The summed E-state index contributed by atoms with van der Waals surface area (Å²) in [6.07, 6.45) is 0. The highest BCUT2D eigenvalue weighted by Gasteiger charge is 2.20. The second-order valence-electron chi connectivity index (χ2n) is 6.27. The van der Waals surface area contributed by atoms with Crippen molar-refractivity contribution in [3.05, 3.63) is 29.8 Å². The Morgan fingerprint density at radius 3 is 2.57 bits per heavy atom. The van der Waals surface area contributed by atoms with Gasteiger partial charge in [0.2, 0.25) is 15.2 Å². The van der Waals surface area contributed by atoms with Gasteiger partial charge in [0.15, 0.2) is 0 Å². The van der Waals surface area contributed by atoms with Gasteiger partial charge >= 0.3 is 0 Å². The first-order valence-corrected chi connectivity index (χ1v) is 9.48. The molecule has 0 atom stereocenters. The molecule has 0 saturated carbocycles. The summed E-state index contributed by atoms with van der Waals surface area (Å²) >= 11 is 1.48. The van der Waals surface area contributed by atoms with Crippen molar-refractivity contribution in [1.29, 1.82) is 0 Å². The summed E-state index contributed by atoms with van der Waals surface area (Å²) in [5, 5.41) is 12.5. The summed E-state index contributed by atoms with van der Waals surface area (Å²) in [6.45, 7) is 6.08. The molecule has 0 aliphatic carbocycles. The number of thioether (sulfide) groups is 1. The maximum atomic E-state index is 12.2. The van der Waals surface area contributed by atoms with Gasteiger partial charge in [-0.2, -0.15) is 0 Å². The fraction of sp³-hybridized carbons (Fsp3) is 0.500. The first-order chi connectivity index (χ1) is 10.6. The molecular formula is C14H21N5O2S2. The Kier molecular flexibility index (Phi) is 5.12. The summed E-state index contributed by atoms with van der Waals surface area (Å²) in [7, 11) is -0.380. The molecule has 0 N–H and O–H groups in total. The zero-order valence-corrected chi connectivity index (χ0v) is 15.5. The third-order valence-electron chi connectivity index (χ3n) is 3.12. The first-order valence-electron chi connectivity index (χ1n) is 7.05. The Hall–Kier alpha value is -1.45. The fourth-order valence-corrected chi connectivity index (χ4v) is 3.82. The van der Waals surface area contributed by atoms with Gasteiger partial charge < -0.3 is 0 Å². The van der Waals surface area contributed by atoms with Crippen molar-refractivity contribution in [2.24, 2.45) is 0 Å². The molecule has 0 aliphatic rings. The molecular weight excluding hydrogens is 334 g/mol. The van der Waals surface area contributed by atoms with Crippen molar-refractivity contribution < 1.29 is 8.42 Å². The lowest BCUT2D eigenvalue weighted by Crippen LogP contribution is -2.24. The molecule has 126 valence electrons. The van der Waals surface area contributed by atoms with E-state index in [1.165, 1.54) is 30.2 Å². The number of benzene rings is 1. The van der Waals surface area contributed by atoms with Gasteiger partial charge in [0.25, 0.3) is 0 Å². The molecule has 2 aromatic rings. The predicted octanol–water partition coefficient (Wildman–Crippen LogP) is 1.97. The van der Waals surface area contributed by atoms with Gasteiger partial charge in [0, 0.05) is 19.8 Å². The molecule has 0 radical (unpaired) electrons. The Balaban J connectivity index is 2.19. The summed E-state index contributed by atoms with van der Waals surface area (Å²) in [4.78, 5) is 0.288. The summed E-state index contributed by atoms with van der Waals surface area (Å²) < 4.78 is 27.3. The minimum absolute atomic E-state index is 0.206. The lowest BCUT2D eigenvalue weighted by molar-refractivity contribution is 0.321. The number of tetrazole rings is 1. The van der Waals surface area contributed by atoms with Crippen molar-refractivity contribution in [3.63, 3.8) is 0 Å². The third-order valence-corrected chi connectivity index (χ3v) is 5.92. The van der Waals surface area contributed by atoms with Crippen molar-refractivity contribution in [2.75, 3.05) is 14.1 Å². The van der Waals surface area contributed by atoms with Crippen molar-refractivity contribution in [1.82, 2.24) is 24.5 Å². The number of aromatic nitrogens is 4. The molecule has 0 fully saturated rings. The number of hydrogen-bond acceptors (Lipinski definition) is 6. The van der Waals surface area contributed by atoms with Gasteiger partial charge in [-0.15, -0.1) is 5.10 Å². The molecule has 7 nitrogen and oxygen atoms in total. The van der Waals surface area contributed by atoms with Crippen molar-refractivity contribution >= 4 is 21.8 Å². The van der Waals surface area contributed by atoms with E-state index < -0.39 is 10.0 Å². The lowest BCUT2D eigenvalue weighted by atomic mass is 10.1. The topological polar surface area (TPSA) is 81.0 Å². The van der Waals surface area contributed by atoms with Crippen LogP contribution in [0.2, 0.25) is 0 Å². The number of rotatable bonds is 5. The number of hydrogen-bond donors (Lipinski definition) is 0. The summed E-state index contributed by atoms with van der Waals surface area (Å²) in [6, 6.07) is 6.93. The molecule has 1 aromatic heterocycles. The van der Waals surface area contributed by atoms with Crippen LogP contribution in [0.3, 0.4) is 0 Å². The van der Waals surface area contributed by atoms with Crippen LogP contribution in [0, 0.1) is 0 Å². The molecule has 1 aromatic carbocycles. The van der Waals surface area contributed by atoms with Crippen LogP contribution in [0.25, 0.3) is 0 Å². The first kappa shape index (κ1) is 17.9. The van der Waals surface area contributed by atoms with Gasteiger partial charge in [-0.3, -0.25) is 0 Å². The third kappa shape index (κ3) is 4.10. The van der Waals surface area contributed by atoms with E-state index in [1.54, 1.807) is 22.9 Å². The fourth-order valence-electron chi connectivity index (χ4n) is 1.84. The Bertz CT molecular complexity index is 778. The SMILES string of the molecule is CN(C)S(=O)(=O)c1cccc(CSc2nnnn2C(C)(C)C)c1. The molecule has 1 heterocycles. The zero-order valence-electron chi connectivity index (χ0n) is 13.9. The van der Waals surface area contributed by atoms with Crippen LogP contribution in [0.15, 0.2) is 34.3 Å². The van der Waals surface area contributed by atoms with Crippen LogP contribution < -0.4 is 0 Å². The van der Waals surface area contributed by atoms with E-state index in [1.807, 2.05) is 26.8 Å². The van der Waals surface area contributed by atoms with Gasteiger partial charge in [-0.25, -0.2) is 17.4 Å². The quantitative estimate of drug-likeness (QED) is 0.763. The molecule has 0 amide bonds. The van der Waals surface area contributed by atoms with Crippen LogP contribution >= 0.6 is 11.8 Å². The monoisotopic (exact) mass is 355 g/mol. The Morgan fingerprint density at radius 1 is 1.26 bits per heavy atom. The Morgan fingerprint density at radius 2 is 1.96 bits per heavy atom. The normalized spacial score (nSPS) is 12.8. The highest BCUT2D eigenvalue weighted by molar-refractivity contribution is 7.98. The molecule has 0 spiro atoms. The lowest BCUT2D eigenvalue weighted by Gasteiger charge is -2.19. The van der Waals surface area contributed by atoms with Crippen LogP contribution in [-0.4, -0.2) is 47.0 Å². The van der Waals surface area contributed by atoms with E-state index in [2.05, 4.69) is 15.5 Å². The highest BCUT2D eigenvalue weighted by atomic mass is 32.2. The van der Waals surface area contributed by atoms with Gasteiger partial charge in [-0.05, 0) is 48.9 Å². The maximum Gasteiger partial charge on any atom is 0.242 e. The molecule has 0 aliphatic heterocycles. The predicted molar refractivity (Wildman–Crippen MR) is 89.7 cm³/mol. The standard InChI is InChI=1S/C14H21N5O2S2/c1-14(2,3)19-13(15-16-17-19)22-10-11-7-6-8-12(9-11)23(20,21)18(4)5/h6-9H,10H2,1-5H3. The largest absolute Gasteiger partial charge is 0.242 e. The average molecular weight is 355 g/mol. The minimum Gasteiger partial charge on any atom is -0.215 e. The molecule has 9 heteroatoms. The smallest absolute Gasteiger partial charge is 0.215 e. The summed E-state index contributed by atoms with van der Waals surface area (Å²) in [5.74, 6) is 0.591. The highest BCUT2D eigenvalue weighted by Crippen LogP contribution is 2.25. The van der Waals surface area contributed by atoms with E-state index >= 15 is 0 Å². The van der Waals surface area contributed by atoms with E-state index in [4.69, 9.17) is 0 Å². The van der Waals surface area contributed by atoms with Crippen LogP contribution in [0.5, 0.6) is 0 Å². The average Bonchev–Trinajstić information content (AvgIpc) is 2.94. The Labute approximate surface area is 141 Å². The van der Waals surface area contributed by atoms with E-state index in [0.29, 0.717) is 10.9 Å². The number of nitrogens with zero attached hydrogens (tertiary/aromatic N) is 5. The van der Waals surface area contributed by atoms with Crippen molar-refractivity contribution in [3.8, 4) is 0 Å². The van der Waals surface area contributed by atoms with Crippen LogP contribution in [0.1, 0.15) is 26.3 Å². The maximum absolute atomic E-state index is 12.2. The van der Waals surface area contributed by atoms with E-state index in [-0.39, 0.29) is 10.4 Å². The summed E-state index contributed by atoms with van der Waals surface area (Å²) in [5.41, 5.74) is 0.698. The van der Waals surface area contributed by atoms with E-state index in [0.717, 1.165) is 5.56 Å². The second-order valence-corrected chi connectivity index (χ2v) is 9.36. The molecule has 0 bridgehead atoms. The molecule has 0 saturated heterocycles. The molecule has 0 unspecified atom stereocenters. The second kappa shape index (κ2) is 6.58. The van der Waals surface area contributed by atoms with Gasteiger partial charge in [-0.1, -0.05) is 23.9 Å². The van der Waals surface area contributed by atoms with Crippen molar-refractivity contribution in [2.45, 2.75) is 42.1 Å². The van der Waals surface area contributed by atoms with Crippen LogP contribution in [0.4, 0.5) is 0 Å². The van der Waals surface area contributed by atoms with Gasteiger partial charge in [0.1, 0.15) is 0 Å².